The second-order valence-electron chi connectivity index (χ2n) is 3.52. The number of nitrogens with one attached hydrogen (secondary N) is 1. The van der Waals surface area contributed by atoms with E-state index in [4.69, 9.17) is 10.8 Å². The van der Waals surface area contributed by atoms with Crippen molar-refractivity contribution in [3.05, 3.63) is 40.7 Å². The molecule has 0 fully saturated rings. The monoisotopic (exact) mass is 281 g/mol. The quantitative estimate of drug-likeness (QED) is 0.795. The number of halogens is 1. The third kappa shape index (κ3) is 2.86. The molecule has 2 aromatic rings. The molecule has 19 heavy (non-hydrogen) atoms. The lowest BCUT2D eigenvalue weighted by atomic mass is 10.1. The zero-order valence-corrected chi connectivity index (χ0v) is 10.2. The Balaban J connectivity index is 2.30. The van der Waals surface area contributed by atoms with Crippen LogP contribution in [0.5, 0.6) is 0 Å². The number of hydrogen-bond donors (Lipinski definition) is 3. The molecule has 1 aromatic carbocycles. The lowest BCUT2D eigenvalue weighted by molar-refractivity contribution is 0.0698. The van der Waals surface area contributed by atoms with Gasteiger partial charge in [-0.25, -0.2) is 14.2 Å². The second-order valence-corrected chi connectivity index (χ2v) is 4.41. The van der Waals surface area contributed by atoms with Gasteiger partial charge in [-0.2, -0.15) is 0 Å². The fourth-order valence-corrected chi connectivity index (χ4v) is 1.93. The number of carbonyl (C=O) groups excluding carboxylic acids is 1. The van der Waals surface area contributed by atoms with E-state index in [0.29, 0.717) is 0 Å². The molecule has 0 aliphatic heterocycles. The van der Waals surface area contributed by atoms with Gasteiger partial charge >= 0.3 is 5.97 Å². The number of nitrogen functional groups attached to an aromatic ring is 1. The highest BCUT2D eigenvalue weighted by molar-refractivity contribution is 7.13. The van der Waals surface area contributed by atoms with E-state index in [1.54, 1.807) is 0 Å². The molecule has 6 nitrogen and oxygen atoms in total. The molecular formula is C11H8FN3O3S. The van der Waals surface area contributed by atoms with Crippen LogP contribution in [0, 0.1) is 5.82 Å². The molecule has 0 saturated heterocycles. The van der Waals surface area contributed by atoms with E-state index in [-0.39, 0.29) is 22.1 Å². The van der Waals surface area contributed by atoms with Gasteiger partial charge in [-0.05, 0) is 18.2 Å². The molecule has 2 rings (SSSR count). The summed E-state index contributed by atoms with van der Waals surface area (Å²) < 4.78 is 13.1. The Morgan fingerprint density at radius 1 is 1.42 bits per heavy atom. The van der Waals surface area contributed by atoms with E-state index in [1.165, 1.54) is 5.38 Å². The molecule has 0 aliphatic rings. The molecule has 0 spiro atoms. The summed E-state index contributed by atoms with van der Waals surface area (Å²) in [5.41, 5.74) is 5.08. The molecule has 0 unspecified atom stereocenters. The molecule has 8 heteroatoms. The average molecular weight is 281 g/mol. The lowest BCUT2D eigenvalue weighted by Gasteiger charge is -2.07. The van der Waals surface area contributed by atoms with Crippen LogP contribution in [0.4, 0.5) is 15.2 Å². The summed E-state index contributed by atoms with van der Waals surface area (Å²) in [7, 11) is 0. The van der Waals surface area contributed by atoms with Gasteiger partial charge in [0.2, 0.25) is 0 Å². The van der Waals surface area contributed by atoms with Crippen LogP contribution in [0.3, 0.4) is 0 Å². The van der Waals surface area contributed by atoms with Gasteiger partial charge in [-0.1, -0.05) is 0 Å². The molecule has 1 aromatic heterocycles. The van der Waals surface area contributed by atoms with Crippen molar-refractivity contribution in [1.29, 1.82) is 0 Å². The van der Waals surface area contributed by atoms with E-state index in [1.807, 2.05) is 0 Å². The first-order valence-electron chi connectivity index (χ1n) is 5.02. The van der Waals surface area contributed by atoms with Crippen LogP contribution in [0.1, 0.15) is 20.8 Å². The lowest BCUT2D eigenvalue weighted by Crippen LogP contribution is -2.15. The minimum atomic E-state index is -1.27. The van der Waals surface area contributed by atoms with Crippen molar-refractivity contribution < 1.29 is 19.1 Å². The topological polar surface area (TPSA) is 105 Å². The van der Waals surface area contributed by atoms with Crippen LogP contribution < -0.4 is 11.1 Å². The third-order valence-corrected chi connectivity index (χ3v) is 2.89. The van der Waals surface area contributed by atoms with Gasteiger partial charge in [0.05, 0.1) is 11.3 Å². The van der Waals surface area contributed by atoms with Gasteiger partial charge in [0.25, 0.3) is 5.91 Å². The fraction of sp³-hybridized carbons (Fsp3) is 0. The van der Waals surface area contributed by atoms with E-state index in [2.05, 4.69) is 10.3 Å². The van der Waals surface area contributed by atoms with Crippen molar-refractivity contribution in [3.63, 3.8) is 0 Å². The summed E-state index contributed by atoms with van der Waals surface area (Å²) in [5.74, 6) is -2.58. The molecule has 0 saturated carbocycles. The van der Waals surface area contributed by atoms with Crippen LogP contribution in [-0.4, -0.2) is 22.0 Å². The summed E-state index contributed by atoms with van der Waals surface area (Å²) in [6.07, 6.45) is 0. The Hall–Kier alpha value is -2.48. The normalized spacial score (nSPS) is 10.2. The summed E-state index contributed by atoms with van der Waals surface area (Å²) >= 11 is 1.07. The van der Waals surface area contributed by atoms with Crippen molar-refractivity contribution in [2.45, 2.75) is 0 Å². The molecule has 0 atom stereocenters. The van der Waals surface area contributed by atoms with Gasteiger partial charge in [0.15, 0.2) is 5.13 Å². The summed E-state index contributed by atoms with van der Waals surface area (Å²) in [6, 6.07) is 3.00. The van der Waals surface area contributed by atoms with Crippen molar-refractivity contribution in [1.82, 2.24) is 4.98 Å². The number of nitrogens with zero attached hydrogens (tertiary/aromatic N) is 1. The number of carboxylic acid groups (broad SMARTS) is 1. The smallest absolute Gasteiger partial charge is 0.337 e. The Bertz CT molecular complexity index is 656. The summed E-state index contributed by atoms with van der Waals surface area (Å²) in [4.78, 5) is 26.5. The van der Waals surface area contributed by atoms with Gasteiger partial charge in [0.1, 0.15) is 11.5 Å². The predicted molar refractivity (Wildman–Crippen MR) is 67.8 cm³/mol. The molecule has 1 amide bonds. The van der Waals surface area contributed by atoms with Crippen LogP contribution in [0.25, 0.3) is 0 Å². The molecule has 1 heterocycles. The van der Waals surface area contributed by atoms with Crippen LogP contribution in [0.15, 0.2) is 23.6 Å². The highest BCUT2D eigenvalue weighted by Gasteiger charge is 2.16. The Labute approximate surface area is 110 Å². The maximum Gasteiger partial charge on any atom is 0.337 e. The van der Waals surface area contributed by atoms with Gasteiger partial charge in [0, 0.05) is 5.38 Å². The molecule has 0 aliphatic carbocycles. The van der Waals surface area contributed by atoms with E-state index in [9.17, 15) is 14.0 Å². The van der Waals surface area contributed by atoms with Crippen LogP contribution in [-0.2, 0) is 0 Å². The number of rotatable bonds is 3. The number of hydrogen-bond acceptors (Lipinski definition) is 5. The van der Waals surface area contributed by atoms with Gasteiger partial charge < -0.3 is 16.2 Å². The van der Waals surface area contributed by atoms with Crippen LogP contribution in [0.2, 0.25) is 0 Å². The first kappa shape index (κ1) is 13.0. The largest absolute Gasteiger partial charge is 0.478 e. The highest BCUT2D eigenvalue weighted by Crippen LogP contribution is 2.19. The first-order chi connectivity index (χ1) is 8.97. The zero-order valence-electron chi connectivity index (χ0n) is 9.38. The van der Waals surface area contributed by atoms with Crippen molar-refractivity contribution in [3.8, 4) is 0 Å². The van der Waals surface area contributed by atoms with Crippen molar-refractivity contribution in [2.24, 2.45) is 0 Å². The number of nitrogens with two attached hydrogens (primary N) is 1. The fourth-order valence-electron chi connectivity index (χ4n) is 1.38. The Kier molecular flexibility index (Phi) is 3.43. The van der Waals surface area contributed by atoms with E-state index in [0.717, 1.165) is 29.5 Å². The molecule has 0 radical (unpaired) electrons. The summed E-state index contributed by atoms with van der Waals surface area (Å²) in [6.45, 7) is 0. The zero-order chi connectivity index (χ0) is 14.0. The maximum absolute atomic E-state index is 13.1. The summed E-state index contributed by atoms with van der Waals surface area (Å²) in [5, 5.41) is 12.9. The highest BCUT2D eigenvalue weighted by atomic mass is 32.1. The van der Waals surface area contributed by atoms with E-state index >= 15 is 0 Å². The minimum Gasteiger partial charge on any atom is -0.478 e. The maximum atomic E-state index is 13.1. The number of carboxylic acids is 1. The van der Waals surface area contributed by atoms with E-state index < -0.39 is 17.7 Å². The Morgan fingerprint density at radius 3 is 2.74 bits per heavy atom. The third-order valence-electron chi connectivity index (χ3n) is 2.21. The first-order valence-corrected chi connectivity index (χ1v) is 5.90. The van der Waals surface area contributed by atoms with Gasteiger partial charge in [-0.15, -0.1) is 11.3 Å². The predicted octanol–water partition coefficient (Wildman–Crippen LogP) is 1.81. The number of aromatic nitrogens is 1. The molecule has 0 bridgehead atoms. The standard InChI is InChI=1S/C11H8FN3O3S/c12-5-1-2-6(10(17)18)7(3-5)14-9(16)8-4-19-11(13)15-8/h1-4H,(H2,13,15)(H,14,16)(H,17,18). The number of amides is 1. The average Bonchev–Trinajstić information content (AvgIpc) is 2.75. The van der Waals surface area contributed by atoms with Crippen molar-refractivity contribution in [2.75, 3.05) is 11.1 Å². The molecule has 4 N–H and O–H groups in total. The Morgan fingerprint density at radius 2 is 2.16 bits per heavy atom. The SMILES string of the molecule is Nc1nc(C(=O)Nc2cc(F)ccc2C(=O)O)cs1. The second kappa shape index (κ2) is 5.02. The minimum absolute atomic E-state index is 0.0445. The number of carbonyl (C=O) groups is 2. The number of benzene rings is 1. The van der Waals surface area contributed by atoms with Gasteiger partial charge in [-0.3, -0.25) is 4.79 Å². The van der Waals surface area contributed by atoms with Crippen LogP contribution >= 0.6 is 11.3 Å². The number of thiazole rings is 1. The van der Waals surface area contributed by atoms with Crippen molar-refractivity contribution >= 4 is 34.0 Å². The number of anilines is 2. The number of aromatic carboxylic acids is 1. The molecule has 98 valence electrons. The molecular weight excluding hydrogens is 273 g/mol.